The number of allylic oxidation sites excluding steroid dienone is 1. The van der Waals surface area contributed by atoms with E-state index in [0.717, 1.165) is 13.0 Å². The van der Waals surface area contributed by atoms with Crippen molar-refractivity contribution < 1.29 is 9.53 Å². The Morgan fingerprint density at radius 3 is 2.80 bits per heavy atom. The molecular weight excluding hydrogens is 190 g/mol. The van der Waals surface area contributed by atoms with Crippen molar-refractivity contribution in [1.29, 1.82) is 0 Å². The van der Waals surface area contributed by atoms with E-state index in [4.69, 9.17) is 0 Å². The molecule has 0 aromatic heterocycles. The van der Waals surface area contributed by atoms with Gasteiger partial charge in [-0.1, -0.05) is 31.9 Å². The van der Waals surface area contributed by atoms with Gasteiger partial charge in [0.05, 0.1) is 13.5 Å². The number of hydrogen-bond donors (Lipinski definition) is 1. The van der Waals surface area contributed by atoms with Crippen LogP contribution < -0.4 is 5.32 Å². The normalized spacial score (nSPS) is 10.8. The molecule has 0 aromatic rings. The Labute approximate surface area is 92.9 Å². The van der Waals surface area contributed by atoms with Crippen molar-refractivity contribution in [2.24, 2.45) is 0 Å². The van der Waals surface area contributed by atoms with Crippen molar-refractivity contribution >= 4 is 5.97 Å². The van der Waals surface area contributed by atoms with E-state index in [9.17, 15) is 4.79 Å². The highest BCUT2D eigenvalue weighted by molar-refractivity contribution is 5.69. The molecule has 0 bridgehead atoms. The maximum atomic E-state index is 10.7. The molecule has 0 fully saturated rings. The average molecular weight is 213 g/mol. The van der Waals surface area contributed by atoms with Crippen LogP contribution in [-0.4, -0.2) is 26.2 Å². The van der Waals surface area contributed by atoms with Gasteiger partial charge in [-0.25, -0.2) is 0 Å². The smallest absolute Gasteiger partial charge is 0.306 e. The Hall–Kier alpha value is -0.830. The zero-order valence-corrected chi connectivity index (χ0v) is 9.92. The van der Waals surface area contributed by atoms with Crippen LogP contribution in [0.5, 0.6) is 0 Å². The minimum absolute atomic E-state index is 0.158. The summed E-state index contributed by atoms with van der Waals surface area (Å²) in [4.78, 5) is 10.7. The SMILES string of the molecule is CCCCCC=CCNCCC(=O)OC. The first-order valence-corrected chi connectivity index (χ1v) is 5.73. The Morgan fingerprint density at radius 2 is 2.13 bits per heavy atom. The van der Waals surface area contributed by atoms with Crippen LogP contribution in [0.2, 0.25) is 0 Å². The van der Waals surface area contributed by atoms with E-state index in [1.165, 1.54) is 26.4 Å². The summed E-state index contributed by atoms with van der Waals surface area (Å²) in [7, 11) is 1.41. The number of rotatable bonds is 9. The molecule has 0 rings (SSSR count). The summed E-state index contributed by atoms with van der Waals surface area (Å²) in [5, 5.41) is 3.15. The molecule has 3 nitrogen and oxygen atoms in total. The van der Waals surface area contributed by atoms with Crippen LogP contribution in [0, 0.1) is 0 Å². The van der Waals surface area contributed by atoms with Gasteiger partial charge in [-0.2, -0.15) is 0 Å². The molecular formula is C12H23NO2. The fourth-order valence-corrected chi connectivity index (χ4v) is 1.19. The van der Waals surface area contributed by atoms with Gasteiger partial charge in [0.2, 0.25) is 0 Å². The van der Waals surface area contributed by atoms with E-state index in [-0.39, 0.29) is 5.97 Å². The molecule has 0 unspecified atom stereocenters. The van der Waals surface area contributed by atoms with E-state index in [1.54, 1.807) is 0 Å². The summed E-state index contributed by atoms with van der Waals surface area (Å²) in [6.07, 6.45) is 9.76. The van der Waals surface area contributed by atoms with Gasteiger partial charge in [-0.3, -0.25) is 4.79 Å². The third-order valence-electron chi connectivity index (χ3n) is 2.14. The quantitative estimate of drug-likeness (QED) is 0.363. The van der Waals surface area contributed by atoms with Crippen LogP contribution in [0.4, 0.5) is 0 Å². The lowest BCUT2D eigenvalue weighted by Crippen LogP contribution is -2.18. The Kier molecular flexibility index (Phi) is 10.6. The second-order valence-corrected chi connectivity index (χ2v) is 3.50. The molecule has 0 aliphatic rings. The van der Waals surface area contributed by atoms with Crippen molar-refractivity contribution in [2.45, 2.75) is 39.0 Å². The maximum Gasteiger partial charge on any atom is 0.306 e. The van der Waals surface area contributed by atoms with E-state index < -0.39 is 0 Å². The van der Waals surface area contributed by atoms with Crippen molar-refractivity contribution in [2.75, 3.05) is 20.2 Å². The molecule has 1 N–H and O–H groups in total. The van der Waals surface area contributed by atoms with Gasteiger partial charge in [0.1, 0.15) is 0 Å². The van der Waals surface area contributed by atoms with Crippen LogP contribution in [-0.2, 0) is 9.53 Å². The predicted octanol–water partition coefficient (Wildman–Crippen LogP) is 2.28. The van der Waals surface area contributed by atoms with E-state index in [0.29, 0.717) is 13.0 Å². The van der Waals surface area contributed by atoms with Crippen molar-refractivity contribution in [3.05, 3.63) is 12.2 Å². The molecule has 0 aliphatic heterocycles. The Bertz CT molecular complexity index is 178. The lowest BCUT2D eigenvalue weighted by molar-refractivity contribution is -0.140. The molecule has 0 spiro atoms. The first-order chi connectivity index (χ1) is 7.31. The van der Waals surface area contributed by atoms with Crippen LogP contribution >= 0.6 is 0 Å². The highest BCUT2D eigenvalue weighted by Gasteiger charge is 1.96. The molecule has 88 valence electrons. The third kappa shape index (κ3) is 11.1. The minimum Gasteiger partial charge on any atom is -0.469 e. The maximum absolute atomic E-state index is 10.7. The zero-order valence-electron chi connectivity index (χ0n) is 9.92. The van der Waals surface area contributed by atoms with Crippen LogP contribution in [0.1, 0.15) is 39.0 Å². The molecule has 0 aromatic carbocycles. The van der Waals surface area contributed by atoms with Crippen LogP contribution in [0.15, 0.2) is 12.2 Å². The highest BCUT2D eigenvalue weighted by atomic mass is 16.5. The fraction of sp³-hybridized carbons (Fsp3) is 0.750. The van der Waals surface area contributed by atoms with Gasteiger partial charge in [0.25, 0.3) is 0 Å². The topological polar surface area (TPSA) is 38.3 Å². The molecule has 0 amide bonds. The molecule has 0 atom stereocenters. The summed E-state index contributed by atoms with van der Waals surface area (Å²) in [6, 6.07) is 0. The summed E-state index contributed by atoms with van der Waals surface area (Å²) in [6.45, 7) is 3.73. The molecule has 0 saturated heterocycles. The van der Waals surface area contributed by atoms with Gasteiger partial charge in [0, 0.05) is 13.1 Å². The van der Waals surface area contributed by atoms with Crippen LogP contribution in [0.25, 0.3) is 0 Å². The zero-order chi connectivity index (χ0) is 11.4. The molecule has 0 saturated carbocycles. The summed E-state index contributed by atoms with van der Waals surface area (Å²) < 4.78 is 4.53. The largest absolute Gasteiger partial charge is 0.469 e. The molecule has 0 radical (unpaired) electrons. The Balaban J connectivity index is 3.13. The standard InChI is InChI=1S/C12H23NO2/c1-3-4-5-6-7-8-10-13-11-9-12(14)15-2/h7-8,13H,3-6,9-11H2,1-2H3. The van der Waals surface area contributed by atoms with Crippen molar-refractivity contribution in [3.8, 4) is 0 Å². The van der Waals surface area contributed by atoms with Gasteiger partial charge in [-0.05, 0) is 12.8 Å². The van der Waals surface area contributed by atoms with E-state index in [1.807, 2.05) is 0 Å². The first kappa shape index (κ1) is 14.2. The lowest BCUT2D eigenvalue weighted by atomic mass is 10.2. The second-order valence-electron chi connectivity index (χ2n) is 3.50. The number of methoxy groups -OCH3 is 1. The monoisotopic (exact) mass is 213 g/mol. The van der Waals surface area contributed by atoms with Gasteiger partial charge < -0.3 is 10.1 Å². The molecule has 0 aliphatic carbocycles. The molecule has 0 heterocycles. The number of carbonyl (C=O) groups is 1. The highest BCUT2D eigenvalue weighted by Crippen LogP contribution is 1.98. The number of carbonyl (C=O) groups excluding carboxylic acids is 1. The van der Waals surface area contributed by atoms with E-state index in [2.05, 4.69) is 29.1 Å². The summed E-state index contributed by atoms with van der Waals surface area (Å²) in [5.74, 6) is -0.158. The minimum atomic E-state index is -0.158. The lowest BCUT2D eigenvalue weighted by Gasteiger charge is -1.99. The number of unbranched alkanes of at least 4 members (excludes halogenated alkanes) is 3. The average Bonchev–Trinajstić information content (AvgIpc) is 2.26. The Morgan fingerprint density at radius 1 is 1.33 bits per heavy atom. The van der Waals surface area contributed by atoms with Crippen LogP contribution in [0.3, 0.4) is 0 Å². The van der Waals surface area contributed by atoms with Crippen molar-refractivity contribution in [3.63, 3.8) is 0 Å². The summed E-state index contributed by atoms with van der Waals surface area (Å²) >= 11 is 0. The first-order valence-electron chi connectivity index (χ1n) is 5.73. The number of esters is 1. The van der Waals surface area contributed by atoms with Gasteiger partial charge in [-0.15, -0.1) is 0 Å². The number of hydrogen-bond acceptors (Lipinski definition) is 3. The molecule has 3 heteroatoms. The second kappa shape index (κ2) is 11.2. The molecule has 15 heavy (non-hydrogen) atoms. The van der Waals surface area contributed by atoms with E-state index >= 15 is 0 Å². The van der Waals surface area contributed by atoms with Gasteiger partial charge >= 0.3 is 5.97 Å². The predicted molar refractivity (Wildman–Crippen MR) is 62.8 cm³/mol. The third-order valence-corrected chi connectivity index (χ3v) is 2.14. The van der Waals surface area contributed by atoms with Crippen molar-refractivity contribution in [1.82, 2.24) is 5.32 Å². The number of nitrogens with one attached hydrogen (secondary N) is 1. The number of ether oxygens (including phenoxy) is 1. The van der Waals surface area contributed by atoms with Gasteiger partial charge in [0.15, 0.2) is 0 Å². The summed E-state index contributed by atoms with van der Waals surface area (Å²) in [5.41, 5.74) is 0. The fourth-order valence-electron chi connectivity index (χ4n) is 1.19.